The first kappa shape index (κ1) is 22.5. The molecule has 0 spiro atoms. The first-order valence-electron chi connectivity index (χ1n) is 11.4. The van der Waals surface area contributed by atoms with Crippen molar-refractivity contribution in [2.45, 2.75) is 25.2 Å². The Hall–Kier alpha value is -4.29. The second kappa shape index (κ2) is 9.16. The number of nitrogen functional groups attached to an aromatic ring is 1. The van der Waals surface area contributed by atoms with Crippen molar-refractivity contribution in [1.82, 2.24) is 25.4 Å². The monoisotopic (exact) mass is 467 g/mol. The highest BCUT2D eigenvalue weighted by Gasteiger charge is 2.35. The number of nitriles is 1. The zero-order valence-corrected chi connectivity index (χ0v) is 19.6. The fourth-order valence-corrected chi connectivity index (χ4v) is 4.49. The van der Waals surface area contributed by atoms with Gasteiger partial charge in [0.25, 0.3) is 0 Å². The van der Waals surface area contributed by atoms with Crippen LogP contribution in [0.25, 0.3) is 34.0 Å². The molecule has 1 aliphatic rings. The van der Waals surface area contributed by atoms with Crippen LogP contribution in [0.15, 0.2) is 53.3 Å². The molecular formula is C26H25N7O2. The Bertz CT molecular complexity index is 1420. The van der Waals surface area contributed by atoms with Gasteiger partial charge in [-0.05, 0) is 56.6 Å². The van der Waals surface area contributed by atoms with Gasteiger partial charge in [0.15, 0.2) is 17.3 Å². The van der Waals surface area contributed by atoms with Gasteiger partial charge in [0, 0.05) is 23.4 Å². The van der Waals surface area contributed by atoms with E-state index in [0.717, 1.165) is 35.5 Å². The predicted octanol–water partition coefficient (Wildman–Crippen LogP) is 3.90. The van der Waals surface area contributed by atoms with E-state index >= 15 is 0 Å². The van der Waals surface area contributed by atoms with Gasteiger partial charge in [0.2, 0.25) is 0 Å². The number of hydrogen-bond donors (Lipinski definition) is 2. The molecule has 0 saturated carbocycles. The summed E-state index contributed by atoms with van der Waals surface area (Å²) in [5.74, 6) is 1.33. The van der Waals surface area contributed by atoms with Gasteiger partial charge >= 0.3 is 0 Å². The molecule has 1 fully saturated rings. The number of methoxy groups -OCH3 is 1. The fraction of sp³-hybridized carbons (Fsp3) is 0.269. The minimum atomic E-state index is -0.613. The van der Waals surface area contributed by atoms with E-state index in [9.17, 15) is 5.26 Å². The summed E-state index contributed by atoms with van der Waals surface area (Å²) in [6, 6.07) is 13.8. The van der Waals surface area contributed by atoms with Crippen LogP contribution in [0, 0.1) is 18.3 Å². The molecule has 0 aliphatic carbocycles. The number of anilines is 1. The van der Waals surface area contributed by atoms with Crippen LogP contribution in [-0.4, -0.2) is 40.3 Å². The summed E-state index contributed by atoms with van der Waals surface area (Å²) in [4.78, 5) is 13.6. The summed E-state index contributed by atoms with van der Waals surface area (Å²) < 4.78 is 11.1. The third kappa shape index (κ3) is 4.09. The van der Waals surface area contributed by atoms with Gasteiger partial charge in [0.05, 0.1) is 30.8 Å². The van der Waals surface area contributed by atoms with E-state index < -0.39 is 5.41 Å². The molecular weight excluding hydrogens is 442 g/mol. The maximum absolute atomic E-state index is 9.95. The SMILES string of the molecule is COc1cccc(C)c1-c1cc(-c2nc(-c3ccnc(C4(C#N)CCNCC4)c3)cnc2N)on1. The molecule has 176 valence electrons. The molecule has 4 heterocycles. The fourth-order valence-electron chi connectivity index (χ4n) is 4.49. The van der Waals surface area contributed by atoms with E-state index in [4.69, 9.17) is 20.0 Å². The maximum Gasteiger partial charge on any atom is 0.189 e. The molecule has 1 aliphatic heterocycles. The van der Waals surface area contributed by atoms with Gasteiger partial charge in [-0.3, -0.25) is 4.98 Å². The van der Waals surface area contributed by atoms with E-state index in [1.807, 2.05) is 37.3 Å². The number of aromatic nitrogens is 4. The molecule has 35 heavy (non-hydrogen) atoms. The third-order valence-corrected chi connectivity index (χ3v) is 6.47. The Labute approximate surface area is 203 Å². The highest BCUT2D eigenvalue weighted by atomic mass is 16.5. The maximum atomic E-state index is 9.95. The van der Waals surface area contributed by atoms with Crippen molar-refractivity contribution >= 4 is 5.82 Å². The average Bonchev–Trinajstić information content (AvgIpc) is 3.38. The molecule has 0 amide bonds. The number of nitrogens with zero attached hydrogens (tertiary/aromatic N) is 5. The number of ether oxygens (including phenoxy) is 1. The quantitative estimate of drug-likeness (QED) is 0.448. The van der Waals surface area contributed by atoms with E-state index in [2.05, 4.69) is 26.5 Å². The normalized spacial score (nSPS) is 14.9. The molecule has 1 saturated heterocycles. The molecule has 9 heteroatoms. The second-order valence-electron chi connectivity index (χ2n) is 8.59. The highest BCUT2D eigenvalue weighted by molar-refractivity contribution is 5.76. The van der Waals surface area contributed by atoms with Crippen LogP contribution in [0.5, 0.6) is 5.75 Å². The molecule has 5 rings (SSSR count). The van der Waals surface area contributed by atoms with Crippen LogP contribution in [0.4, 0.5) is 5.82 Å². The summed E-state index contributed by atoms with van der Waals surface area (Å²) in [6.07, 6.45) is 4.74. The van der Waals surface area contributed by atoms with E-state index in [0.29, 0.717) is 41.4 Å². The van der Waals surface area contributed by atoms with Crippen molar-refractivity contribution in [1.29, 1.82) is 5.26 Å². The van der Waals surface area contributed by atoms with Crippen molar-refractivity contribution in [3.8, 4) is 45.8 Å². The minimum absolute atomic E-state index is 0.231. The number of aryl methyl sites for hydroxylation is 1. The lowest BCUT2D eigenvalue weighted by molar-refractivity contribution is 0.375. The molecule has 3 N–H and O–H groups in total. The van der Waals surface area contributed by atoms with Gasteiger partial charge in [0.1, 0.15) is 16.9 Å². The highest BCUT2D eigenvalue weighted by Crippen LogP contribution is 2.36. The number of nitrogens with two attached hydrogens (primary N) is 1. The Morgan fingerprint density at radius 2 is 1.97 bits per heavy atom. The van der Waals surface area contributed by atoms with E-state index in [1.165, 1.54) is 0 Å². The lowest BCUT2D eigenvalue weighted by Gasteiger charge is -2.30. The summed E-state index contributed by atoms with van der Waals surface area (Å²) >= 11 is 0. The van der Waals surface area contributed by atoms with Crippen LogP contribution in [-0.2, 0) is 5.41 Å². The standard InChI is InChI=1S/C26H25N7O2/c1-16-4-3-5-20(34-2)23(16)18-13-21(35-33-18)24-25(28)31-14-19(32-24)17-6-9-30-22(12-17)26(15-27)7-10-29-11-8-26/h3-6,9,12-14,29H,7-8,10-11H2,1-2H3,(H2,28,31). The van der Waals surface area contributed by atoms with Crippen molar-refractivity contribution in [2.75, 3.05) is 25.9 Å². The first-order chi connectivity index (χ1) is 17.0. The first-order valence-corrected chi connectivity index (χ1v) is 11.4. The summed E-state index contributed by atoms with van der Waals surface area (Å²) in [5, 5.41) is 17.5. The van der Waals surface area contributed by atoms with Gasteiger partial charge in [-0.1, -0.05) is 17.3 Å². The lowest BCUT2D eigenvalue weighted by atomic mass is 9.77. The van der Waals surface area contributed by atoms with Crippen molar-refractivity contribution in [3.05, 3.63) is 60.0 Å². The van der Waals surface area contributed by atoms with Crippen LogP contribution in [0.1, 0.15) is 24.1 Å². The van der Waals surface area contributed by atoms with Gasteiger partial charge < -0.3 is 20.3 Å². The van der Waals surface area contributed by atoms with Crippen molar-refractivity contribution < 1.29 is 9.26 Å². The molecule has 0 atom stereocenters. The topological polar surface area (TPSA) is 136 Å². The molecule has 0 unspecified atom stereocenters. The minimum Gasteiger partial charge on any atom is -0.496 e. The Morgan fingerprint density at radius 3 is 2.74 bits per heavy atom. The summed E-state index contributed by atoms with van der Waals surface area (Å²) in [5.41, 5.74) is 10.6. The average molecular weight is 468 g/mol. The molecule has 4 aromatic rings. The number of nitrogens with one attached hydrogen (secondary N) is 1. The lowest BCUT2D eigenvalue weighted by Crippen LogP contribution is -2.39. The van der Waals surface area contributed by atoms with Crippen molar-refractivity contribution in [2.24, 2.45) is 0 Å². The Morgan fingerprint density at radius 1 is 1.14 bits per heavy atom. The van der Waals surface area contributed by atoms with Crippen LogP contribution in [0.2, 0.25) is 0 Å². The van der Waals surface area contributed by atoms with Crippen LogP contribution < -0.4 is 15.8 Å². The number of piperidine rings is 1. The smallest absolute Gasteiger partial charge is 0.189 e. The van der Waals surface area contributed by atoms with Gasteiger partial charge in [-0.15, -0.1) is 0 Å². The molecule has 0 bridgehead atoms. The molecule has 1 aromatic carbocycles. The van der Waals surface area contributed by atoms with Gasteiger partial charge in [-0.25, -0.2) is 9.97 Å². The van der Waals surface area contributed by atoms with Crippen molar-refractivity contribution in [3.63, 3.8) is 0 Å². The third-order valence-electron chi connectivity index (χ3n) is 6.47. The zero-order valence-electron chi connectivity index (χ0n) is 19.6. The zero-order chi connectivity index (χ0) is 24.4. The number of rotatable bonds is 5. The predicted molar refractivity (Wildman–Crippen MR) is 131 cm³/mol. The summed E-state index contributed by atoms with van der Waals surface area (Å²) in [6.45, 7) is 3.55. The Balaban J connectivity index is 1.53. The molecule has 0 radical (unpaired) electrons. The summed E-state index contributed by atoms with van der Waals surface area (Å²) in [7, 11) is 1.62. The van der Waals surface area contributed by atoms with E-state index in [-0.39, 0.29) is 5.82 Å². The van der Waals surface area contributed by atoms with Gasteiger partial charge in [-0.2, -0.15) is 5.26 Å². The number of pyridine rings is 1. The number of hydrogen-bond acceptors (Lipinski definition) is 9. The molecule has 3 aromatic heterocycles. The largest absolute Gasteiger partial charge is 0.496 e. The van der Waals surface area contributed by atoms with Crippen LogP contribution >= 0.6 is 0 Å². The Kier molecular flexibility index (Phi) is 5.89. The van der Waals surface area contributed by atoms with E-state index in [1.54, 1.807) is 25.6 Å². The van der Waals surface area contributed by atoms with Crippen LogP contribution in [0.3, 0.4) is 0 Å². The second-order valence-corrected chi connectivity index (χ2v) is 8.59. The number of benzene rings is 1. The molecule has 9 nitrogen and oxygen atoms in total.